The third-order valence-electron chi connectivity index (χ3n) is 2.37. The lowest BCUT2D eigenvalue weighted by Gasteiger charge is -1.97. The summed E-state index contributed by atoms with van der Waals surface area (Å²) in [6, 6.07) is 12.0. The lowest BCUT2D eigenvalue weighted by atomic mass is 10.1. The van der Waals surface area contributed by atoms with E-state index in [1.54, 1.807) is 6.08 Å². The van der Waals surface area contributed by atoms with Crippen LogP contribution in [0.15, 0.2) is 54.6 Å². The summed E-state index contributed by atoms with van der Waals surface area (Å²) >= 11 is 0. The van der Waals surface area contributed by atoms with Crippen LogP contribution in [0.2, 0.25) is 0 Å². The maximum atomic E-state index is 12.9. The van der Waals surface area contributed by atoms with E-state index in [2.05, 4.69) is 0 Å². The van der Waals surface area contributed by atoms with E-state index in [-0.39, 0.29) is 5.56 Å². The highest BCUT2D eigenvalue weighted by Crippen LogP contribution is 2.10. The van der Waals surface area contributed by atoms with Crippen LogP contribution < -0.4 is 0 Å². The first kappa shape index (κ1) is 12.2. The summed E-state index contributed by atoms with van der Waals surface area (Å²) in [6.45, 7) is 0. The molecule has 0 aliphatic heterocycles. The second-order valence-corrected chi connectivity index (χ2v) is 3.77. The molecule has 2 aromatic carbocycles. The van der Waals surface area contributed by atoms with E-state index in [0.29, 0.717) is 0 Å². The molecule has 2 rings (SSSR count). The van der Waals surface area contributed by atoms with E-state index in [4.69, 9.17) is 0 Å². The zero-order valence-corrected chi connectivity index (χ0v) is 9.44. The van der Waals surface area contributed by atoms with Crippen LogP contribution in [-0.4, -0.2) is 5.78 Å². The maximum Gasteiger partial charge on any atom is 0.186 e. The Labute approximate surface area is 103 Å². The van der Waals surface area contributed by atoms with E-state index in [9.17, 15) is 13.6 Å². The highest BCUT2D eigenvalue weighted by molar-refractivity contribution is 6.06. The molecule has 18 heavy (non-hydrogen) atoms. The predicted octanol–water partition coefficient (Wildman–Crippen LogP) is 3.86. The first-order valence-corrected chi connectivity index (χ1v) is 5.39. The Morgan fingerprint density at radius 3 is 2.17 bits per heavy atom. The van der Waals surface area contributed by atoms with Crippen LogP contribution >= 0.6 is 0 Å². The summed E-state index contributed by atoms with van der Waals surface area (Å²) in [5, 5.41) is 0. The van der Waals surface area contributed by atoms with Gasteiger partial charge < -0.3 is 0 Å². The molecule has 0 N–H and O–H groups in total. The molecule has 0 atom stereocenters. The number of carbonyl (C=O) groups is 1. The molecule has 0 radical (unpaired) electrons. The van der Waals surface area contributed by atoms with Crippen LogP contribution in [0.4, 0.5) is 8.78 Å². The Morgan fingerprint density at radius 1 is 0.944 bits per heavy atom. The number of benzene rings is 2. The first-order valence-electron chi connectivity index (χ1n) is 5.39. The average Bonchev–Trinajstić information content (AvgIpc) is 2.36. The molecule has 0 aliphatic rings. The molecular weight excluding hydrogens is 234 g/mol. The fourth-order valence-corrected chi connectivity index (χ4v) is 1.53. The van der Waals surface area contributed by atoms with Gasteiger partial charge in [-0.15, -0.1) is 0 Å². The predicted molar refractivity (Wildman–Crippen MR) is 66.2 cm³/mol. The molecule has 1 nitrogen and oxygen atoms in total. The summed E-state index contributed by atoms with van der Waals surface area (Å²) in [5.74, 6) is -1.95. The number of halogens is 2. The summed E-state index contributed by atoms with van der Waals surface area (Å²) in [4.78, 5) is 11.7. The molecule has 0 unspecified atom stereocenters. The Hall–Kier alpha value is -2.29. The Morgan fingerprint density at radius 2 is 1.56 bits per heavy atom. The molecule has 0 spiro atoms. The van der Waals surface area contributed by atoms with Crippen molar-refractivity contribution in [2.75, 3.05) is 0 Å². The maximum absolute atomic E-state index is 12.9. The van der Waals surface area contributed by atoms with Gasteiger partial charge in [-0.2, -0.15) is 0 Å². The molecule has 0 aliphatic carbocycles. The molecule has 0 saturated carbocycles. The van der Waals surface area contributed by atoms with Gasteiger partial charge >= 0.3 is 0 Å². The van der Waals surface area contributed by atoms with Gasteiger partial charge in [-0.25, -0.2) is 8.78 Å². The summed E-state index contributed by atoms with van der Waals surface area (Å²) in [6.07, 6.45) is 2.90. The normalized spacial score (nSPS) is 10.8. The molecule has 2 aromatic rings. The van der Waals surface area contributed by atoms with Gasteiger partial charge in [-0.05, 0) is 23.8 Å². The van der Waals surface area contributed by atoms with Gasteiger partial charge in [0.2, 0.25) is 0 Å². The van der Waals surface area contributed by atoms with Crippen LogP contribution in [0.5, 0.6) is 0 Å². The van der Waals surface area contributed by atoms with E-state index < -0.39 is 17.4 Å². The minimum atomic E-state index is -0.758. The molecule has 0 heterocycles. The average molecular weight is 244 g/mol. The molecule has 0 amide bonds. The van der Waals surface area contributed by atoms with Gasteiger partial charge in [-0.3, -0.25) is 4.79 Å². The lowest BCUT2D eigenvalue weighted by Crippen LogP contribution is -1.96. The summed E-state index contributed by atoms with van der Waals surface area (Å²) < 4.78 is 25.9. The van der Waals surface area contributed by atoms with Crippen LogP contribution in [0.25, 0.3) is 6.08 Å². The molecule has 0 fully saturated rings. The third-order valence-corrected chi connectivity index (χ3v) is 2.37. The zero-order chi connectivity index (χ0) is 13.0. The van der Waals surface area contributed by atoms with Gasteiger partial charge in [0.1, 0.15) is 11.6 Å². The van der Waals surface area contributed by atoms with Crippen molar-refractivity contribution in [1.29, 1.82) is 0 Å². The molecule has 0 bridgehead atoms. The largest absolute Gasteiger partial charge is 0.289 e. The smallest absolute Gasteiger partial charge is 0.186 e. The number of ketones is 1. The van der Waals surface area contributed by atoms with Gasteiger partial charge in [-0.1, -0.05) is 36.4 Å². The Kier molecular flexibility index (Phi) is 3.63. The van der Waals surface area contributed by atoms with Crippen molar-refractivity contribution in [3.63, 3.8) is 0 Å². The van der Waals surface area contributed by atoms with Crippen molar-refractivity contribution in [3.05, 3.63) is 77.4 Å². The molecular formula is C15H10F2O. The SMILES string of the molecule is O=C(C=Cc1ccccc1)c1cc(F)cc(F)c1. The van der Waals surface area contributed by atoms with Crippen LogP contribution in [-0.2, 0) is 0 Å². The second-order valence-electron chi connectivity index (χ2n) is 3.77. The van der Waals surface area contributed by atoms with E-state index in [0.717, 1.165) is 23.8 Å². The van der Waals surface area contributed by atoms with E-state index in [1.165, 1.54) is 6.08 Å². The highest BCUT2D eigenvalue weighted by atomic mass is 19.1. The van der Waals surface area contributed by atoms with Crippen molar-refractivity contribution >= 4 is 11.9 Å². The van der Waals surface area contributed by atoms with Crippen molar-refractivity contribution < 1.29 is 13.6 Å². The second kappa shape index (κ2) is 5.36. The standard InChI is InChI=1S/C15H10F2O/c16-13-8-12(9-14(17)10-13)15(18)7-6-11-4-2-1-3-5-11/h1-10H. The van der Waals surface area contributed by atoms with E-state index in [1.807, 2.05) is 30.3 Å². The fraction of sp³-hybridized carbons (Fsp3) is 0. The van der Waals surface area contributed by atoms with Crippen LogP contribution in [0.1, 0.15) is 15.9 Å². The highest BCUT2D eigenvalue weighted by Gasteiger charge is 2.06. The molecule has 3 heteroatoms. The molecule has 90 valence electrons. The number of hydrogen-bond acceptors (Lipinski definition) is 1. The quantitative estimate of drug-likeness (QED) is 0.592. The Bertz CT molecular complexity index is 568. The van der Waals surface area contributed by atoms with Gasteiger partial charge in [0.05, 0.1) is 0 Å². The van der Waals surface area contributed by atoms with Crippen LogP contribution in [0.3, 0.4) is 0 Å². The number of allylic oxidation sites excluding steroid dienone is 1. The monoisotopic (exact) mass is 244 g/mol. The fourth-order valence-electron chi connectivity index (χ4n) is 1.53. The van der Waals surface area contributed by atoms with Gasteiger partial charge in [0, 0.05) is 11.6 Å². The minimum Gasteiger partial charge on any atom is -0.289 e. The molecule has 0 saturated heterocycles. The number of hydrogen-bond donors (Lipinski definition) is 0. The van der Waals surface area contributed by atoms with Gasteiger partial charge in [0.15, 0.2) is 5.78 Å². The van der Waals surface area contributed by atoms with Crippen molar-refractivity contribution in [2.24, 2.45) is 0 Å². The summed E-state index contributed by atoms with van der Waals surface area (Å²) in [7, 11) is 0. The topological polar surface area (TPSA) is 17.1 Å². The van der Waals surface area contributed by atoms with Crippen molar-refractivity contribution in [3.8, 4) is 0 Å². The minimum absolute atomic E-state index is 0.000295. The van der Waals surface area contributed by atoms with Gasteiger partial charge in [0.25, 0.3) is 0 Å². The Balaban J connectivity index is 2.20. The zero-order valence-electron chi connectivity index (χ0n) is 9.44. The number of carbonyl (C=O) groups excluding carboxylic acids is 1. The van der Waals surface area contributed by atoms with Crippen molar-refractivity contribution in [2.45, 2.75) is 0 Å². The number of rotatable bonds is 3. The first-order chi connectivity index (χ1) is 8.65. The van der Waals surface area contributed by atoms with Crippen LogP contribution in [0, 0.1) is 11.6 Å². The molecule has 0 aromatic heterocycles. The van der Waals surface area contributed by atoms with E-state index >= 15 is 0 Å². The lowest BCUT2D eigenvalue weighted by molar-refractivity contribution is 0.104. The van der Waals surface area contributed by atoms with Crippen molar-refractivity contribution in [1.82, 2.24) is 0 Å². The third kappa shape index (κ3) is 3.10. The summed E-state index contributed by atoms with van der Waals surface area (Å²) in [5.41, 5.74) is 0.849.